The van der Waals surface area contributed by atoms with Crippen molar-refractivity contribution in [3.8, 4) is 11.3 Å². The van der Waals surface area contributed by atoms with Gasteiger partial charge in [0.1, 0.15) is 0 Å². The molecule has 1 fully saturated rings. The van der Waals surface area contributed by atoms with Crippen LogP contribution in [0.2, 0.25) is 0 Å². The van der Waals surface area contributed by atoms with Crippen molar-refractivity contribution in [1.82, 2.24) is 14.9 Å². The Kier molecular flexibility index (Phi) is 4.49. The zero-order valence-corrected chi connectivity index (χ0v) is 13.4. The Hall–Kier alpha value is -1.79. The molecule has 1 amide bonds. The summed E-state index contributed by atoms with van der Waals surface area (Å²) in [6.07, 6.45) is 5.64. The van der Waals surface area contributed by atoms with Gasteiger partial charge in [0.15, 0.2) is 0 Å². The van der Waals surface area contributed by atoms with Gasteiger partial charge in [-0.25, -0.2) is 4.98 Å². The van der Waals surface area contributed by atoms with Crippen LogP contribution in [0, 0.1) is 0 Å². The van der Waals surface area contributed by atoms with Crippen molar-refractivity contribution in [1.29, 1.82) is 0 Å². The van der Waals surface area contributed by atoms with Gasteiger partial charge >= 0.3 is 0 Å². The molecule has 0 aliphatic carbocycles. The Morgan fingerprint density at radius 1 is 1.36 bits per heavy atom. The van der Waals surface area contributed by atoms with E-state index in [1.807, 2.05) is 19.1 Å². The average Bonchev–Trinajstić information content (AvgIpc) is 3.05. The van der Waals surface area contributed by atoms with Crippen LogP contribution in [0.4, 0.5) is 0 Å². The van der Waals surface area contributed by atoms with E-state index in [1.54, 1.807) is 23.7 Å². The molecule has 2 aromatic heterocycles. The molecule has 0 bridgehead atoms. The molecule has 6 heteroatoms. The second-order valence-corrected chi connectivity index (χ2v) is 6.59. The van der Waals surface area contributed by atoms with Crippen LogP contribution >= 0.6 is 11.3 Å². The van der Waals surface area contributed by atoms with E-state index in [0.29, 0.717) is 5.92 Å². The van der Waals surface area contributed by atoms with Gasteiger partial charge in [-0.05, 0) is 45.0 Å². The lowest BCUT2D eigenvalue weighted by Gasteiger charge is -2.33. The molecular formula is C16H20N4OS. The molecule has 22 heavy (non-hydrogen) atoms. The third kappa shape index (κ3) is 3.18. The standard InChI is InChI=1S/C16H20N4OS/c1-11(15(17)21)20-8-4-13(5-9-20)16-19-14(10-22-16)12-2-6-18-7-3-12/h2-3,6-7,10-11,13H,4-5,8-9H2,1H3,(H2,17,21). The van der Waals surface area contributed by atoms with Crippen molar-refractivity contribution >= 4 is 17.2 Å². The van der Waals surface area contributed by atoms with Crippen LogP contribution in [0.25, 0.3) is 11.3 Å². The molecule has 1 aliphatic heterocycles. The Morgan fingerprint density at radius 2 is 2.05 bits per heavy atom. The summed E-state index contributed by atoms with van der Waals surface area (Å²) in [5, 5.41) is 3.31. The van der Waals surface area contributed by atoms with Crippen LogP contribution in [0.15, 0.2) is 29.9 Å². The third-order valence-electron chi connectivity index (χ3n) is 4.34. The van der Waals surface area contributed by atoms with Crippen LogP contribution in [0.5, 0.6) is 0 Å². The number of piperidine rings is 1. The largest absolute Gasteiger partial charge is 0.368 e. The molecule has 0 spiro atoms. The highest BCUT2D eigenvalue weighted by Crippen LogP contribution is 2.33. The van der Waals surface area contributed by atoms with Crippen LogP contribution in [-0.4, -0.2) is 39.9 Å². The maximum Gasteiger partial charge on any atom is 0.234 e. The van der Waals surface area contributed by atoms with Crippen LogP contribution in [0.3, 0.4) is 0 Å². The number of hydrogen-bond donors (Lipinski definition) is 1. The fourth-order valence-electron chi connectivity index (χ4n) is 2.84. The highest BCUT2D eigenvalue weighted by molar-refractivity contribution is 7.10. The van der Waals surface area contributed by atoms with Crippen LogP contribution in [-0.2, 0) is 4.79 Å². The summed E-state index contributed by atoms with van der Waals surface area (Å²) in [5.41, 5.74) is 7.52. The highest BCUT2D eigenvalue weighted by Gasteiger charge is 2.27. The molecule has 2 aromatic rings. The average molecular weight is 316 g/mol. The maximum absolute atomic E-state index is 11.3. The van der Waals surface area contributed by atoms with E-state index < -0.39 is 0 Å². The third-order valence-corrected chi connectivity index (χ3v) is 5.34. The molecule has 1 atom stereocenters. The Morgan fingerprint density at radius 3 is 2.68 bits per heavy atom. The molecule has 0 saturated carbocycles. The number of carbonyl (C=O) groups is 1. The van der Waals surface area contributed by atoms with Gasteiger partial charge in [0.05, 0.1) is 16.7 Å². The summed E-state index contributed by atoms with van der Waals surface area (Å²) in [6.45, 7) is 3.69. The van der Waals surface area contributed by atoms with Gasteiger partial charge in [-0.2, -0.15) is 0 Å². The van der Waals surface area contributed by atoms with Crippen LogP contribution < -0.4 is 5.73 Å². The predicted molar refractivity (Wildman–Crippen MR) is 87.5 cm³/mol. The van der Waals surface area contributed by atoms with Gasteiger partial charge in [0.2, 0.25) is 5.91 Å². The second kappa shape index (κ2) is 6.54. The van der Waals surface area contributed by atoms with E-state index >= 15 is 0 Å². The first-order valence-corrected chi connectivity index (χ1v) is 8.42. The van der Waals surface area contributed by atoms with Crippen molar-refractivity contribution < 1.29 is 4.79 Å². The van der Waals surface area contributed by atoms with Crippen LogP contribution in [0.1, 0.15) is 30.7 Å². The summed E-state index contributed by atoms with van der Waals surface area (Å²) >= 11 is 1.73. The van der Waals surface area contributed by atoms with E-state index in [2.05, 4.69) is 15.3 Å². The number of hydrogen-bond acceptors (Lipinski definition) is 5. The highest BCUT2D eigenvalue weighted by atomic mass is 32.1. The molecule has 1 aliphatic rings. The minimum atomic E-state index is -0.243. The quantitative estimate of drug-likeness (QED) is 0.939. The number of likely N-dealkylation sites (tertiary alicyclic amines) is 1. The topological polar surface area (TPSA) is 72.1 Å². The number of nitrogens with two attached hydrogens (primary N) is 1. The van der Waals surface area contributed by atoms with Crippen molar-refractivity contribution in [3.05, 3.63) is 34.9 Å². The molecule has 0 radical (unpaired) electrons. The number of carbonyl (C=O) groups excluding carboxylic acids is 1. The lowest BCUT2D eigenvalue weighted by molar-refractivity contribution is -0.123. The number of rotatable bonds is 4. The summed E-state index contributed by atoms with van der Waals surface area (Å²) in [6, 6.07) is 3.79. The normalized spacial score (nSPS) is 18.2. The molecule has 5 nitrogen and oxygen atoms in total. The number of nitrogens with zero attached hydrogens (tertiary/aromatic N) is 3. The number of pyridine rings is 1. The number of amides is 1. The molecule has 1 unspecified atom stereocenters. The van der Waals surface area contributed by atoms with Gasteiger partial charge in [0, 0.05) is 29.3 Å². The van der Waals surface area contributed by atoms with E-state index in [4.69, 9.17) is 10.7 Å². The molecule has 3 heterocycles. The van der Waals surface area contributed by atoms with Gasteiger partial charge in [0.25, 0.3) is 0 Å². The first-order chi connectivity index (χ1) is 10.6. The Balaban J connectivity index is 1.65. The number of aromatic nitrogens is 2. The smallest absolute Gasteiger partial charge is 0.234 e. The maximum atomic E-state index is 11.3. The van der Waals surface area contributed by atoms with Crippen molar-refractivity contribution in [2.45, 2.75) is 31.7 Å². The second-order valence-electron chi connectivity index (χ2n) is 5.70. The zero-order chi connectivity index (χ0) is 15.5. The van der Waals surface area contributed by atoms with Gasteiger partial charge in [-0.15, -0.1) is 11.3 Å². The van der Waals surface area contributed by atoms with Gasteiger partial charge < -0.3 is 5.73 Å². The van der Waals surface area contributed by atoms with Crippen molar-refractivity contribution in [3.63, 3.8) is 0 Å². The van der Waals surface area contributed by atoms with Gasteiger partial charge in [-0.1, -0.05) is 0 Å². The van der Waals surface area contributed by atoms with E-state index in [9.17, 15) is 4.79 Å². The number of thiazole rings is 1. The molecule has 2 N–H and O–H groups in total. The predicted octanol–water partition coefficient (Wildman–Crippen LogP) is 2.26. The molecule has 116 valence electrons. The monoisotopic (exact) mass is 316 g/mol. The van der Waals surface area contributed by atoms with Gasteiger partial charge in [-0.3, -0.25) is 14.7 Å². The van der Waals surface area contributed by atoms with E-state index in [0.717, 1.165) is 37.2 Å². The van der Waals surface area contributed by atoms with E-state index in [-0.39, 0.29) is 11.9 Å². The lowest BCUT2D eigenvalue weighted by atomic mass is 9.96. The summed E-state index contributed by atoms with van der Waals surface area (Å²) in [4.78, 5) is 22.3. The molecule has 3 rings (SSSR count). The minimum absolute atomic E-state index is 0.176. The van der Waals surface area contributed by atoms with E-state index in [1.165, 1.54) is 5.01 Å². The van der Waals surface area contributed by atoms with Crippen molar-refractivity contribution in [2.24, 2.45) is 5.73 Å². The molecule has 0 aromatic carbocycles. The Labute approximate surface area is 134 Å². The lowest BCUT2D eigenvalue weighted by Crippen LogP contribution is -2.46. The molecule has 1 saturated heterocycles. The number of primary amides is 1. The summed E-state index contributed by atoms with van der Waals surface area (Å²) in [7, 11) is 0. The van der Waals surface area contributed by atoms with Crippen molar-refractivity contribution in [2.75, 3.05) is 13.1 Å². The molecular weight excluding hydrogens is 296 g/mol. The Bertz CT molecular complexity index is 635. The first kappa shape index (κ1) is 15.1. The summed E-state index contributed by atoms with van der Waals surface area (Å²) in [5.74, 6) is 0.240. The SMILES string of the molecule is CC(C(N)=O)N1CCC(c2nc(-c3ccncc3)cs2)CC1. The minimum Gasteiger partial charge on any atom is -0.368 e. The summed E-state index contributed by atoms with van der Waals surface area (Å²) < 4.78 is 0. The fourth-order valence-corrected chi connectivity index (χ4v) is 3.84. The fraction of sp³-hybridized carbons (Fsp3) is 0.438. The first-order valence-electron chi connectivity index (χ1n) is 7.54. The zero-order valence-electron chi connectivity index (χ0n) is 12.6.